The first kappa shape index (κ1) is 22.5. The highest BCUT2D eigenvalue weighted by atomic mass is 35.5. The number of halogens is 2. The smallest absolute Gasteiger partial charge is 0.310 e. The number of carbonyl (C=O) groups excluding carboxylic acids is 1. The lowest BCUT2D eigenvalue weighted by Crippen LogP contribution is -2.38. The van der Waals surface area contributed by atoms with Crippen LogP contribution in [0.4, 0.5) is 10.1 Å². The van der Waals surface area contributed by atoms with Crippen LogP contribution in [-0.4, -0.2) is 35.1 Å². The summed E-state index contributed by atoms with van der Waals surface area (Å²) in [7, 11) is 0. The highest BCUT2D eigenvalue weighted by Crippen LogP contribution is 2.40. The molecule has 0 amide bonds. The molecule has 0 aliphatic carbocycles. The zero-order valence-corrected chi connectivity index (χ0v) is 19.0. The summed E-state index contributed by atoms with van der Waals surface area (Å²) in [5.74, 6) is -0.997. The number of hydrogen-bond acceptors (Lipinski definition) is 5. The molecule has 1 saturated heterocycles. The number of anilines is 1. The summed E-state index contributed by atoms with van der Waals surface area (Å²) in [5.41, 5.74) is 4.28. The fourth-order valence-corrected chi connectivity index (χ4v) is 3.94. The Morgan fingerprint density at radius 2 is 1.93 bits per heavy atom. The van der Waals surface area contributed by atoms with E-state index in [1.807, 2.05) is 20.8 Å². The minimum Gasteiger partial charge on any atom is -0.463 e. The van der Waals surface area contributed by atoms with Gasteiger partial charge in [-0.1, -0.05) is 25.4 Å². The van der Waals surface area contributed by atoms with Crippen LogP contribution in [0.25, 0.3) is 11.1 Å². The molecule has 0 spiro atoms. The Bertz CT molecular complexity index is 936. The number of hydrogen-bond donors (Lipinski definition) is 0. The van der Waals surface area contributed by atoms with Crippen molar-refractivity contribution in [2.75, 3.05) is 18.0 Å². The molecule has 3 rings (SSSR count). The number of nitrogens with zero attached hydrogens (tertiary/aromatic N) is 3. The summed E-state index contributed by atoms with van der Waals surface area (Å²) in [6.07, 6.45) is 5.22. The fraction of sp³-hybridized carbons (Fsp3) is 0.522. The SMILES string of the molecule is Cc1ncc(-c2cnc(F)c(Cl)c2)c(N2CCC(C)(C)CC2)c1CC(=O)OC(C)C. The van der Waals surface area contributed by atoms with Gasteiger partial charge in [-0.15, -0.1) is 0 Å². The van der Waals surface area contributed by atoms with E-state index in [9.17, 15) is 9.18 Å². The second-order valence-electron chi connectivity index (χ2n) is 8.95. The Morgan fingerprint density at radius 3 is 2.53 bits per heavy atom. The van der Waals surface area contributed by atoms with Gasteiger partial charge in [0.2, 0.25) is 5.95 Å². The van der Waals surface area contributed by atoms with Gasteiger partial charge in [0.1, 0.15) is 0 Å². The first-order chi connectivity index (χ1) is 14.1. The number of piperidine rings is 1. The Balaban J connectivity index is 2.10. The van der Waals surface area contributed by atoms with Crippen molar-refractivity contribution in [1.82, 2.24) is 9.97 Å². The third-order valence-electron chi connectivity index (χ3n) is 5.59. The van der Waals surface area contributed by atoms with Gasteiger partial charge in [-0.25, -0.2) is 4.98 Å². The minimum absolute atomic E-state index is 0.0421. The van der Waals surface area contributed by atoms with Gasteiger partial charge < -0.3 is 9.64 Å². The monoisotopic (exact) mass is 433 g/mol. The zero-order chi connectivity index (χ0) is 22.1. The molecule has 0 atom stereocenters. The topological polar surface area (TPSA) is 55.3 Å². The van der Waals surface area contributed by atoms with Gasteiger partial charge in [0.05, 0.1) is 23.2 Å². The van der Waals surface area contributed by atoms with E-state index in [1.165, 1.54) is 6.20 Å². The number of pyridine rings is 2. The number of ether oxygens (including phenoxy) is 1. The third kappa shape index (κ3) is 5.09. The van der Waals surface area contributed by atoms with Crippen molar-refractivity contribution in [3.63, 3.8) is 0 Å². The van der Waals surface area contributed by atoms with Gasteiger partial charge >= 0.3 is 5.97 Å². The molecular formula is C23H29ClFN3O2. The van der Waals surface area contributed by atoms with Crippen molar-refractivity contribution in [2.24, 2.45) is 5.41 Å². The second-order valence-corrected chi connectivity index (χ2v) is 9.35. The van der Waals surface area contributed by atoms with E-state index in [0.29, 0.717) is 5.56 Å². The number of rotatable bonds is 5. The first-order valence-corrected chi connectivity index (χ1v) is 10.7. The molecule has 162 valence electrons. The Hall–Kier alpha value is -2.21. The van der Waals surface area contributed by atoms with Crippen LogP contribution < -0.4 is 4.90 Å². The molecule has 0 unspecified atom stereocenters. The second kappa shape index (κ2) is 8.88. The highest BCUT2D eigenvalue weighted by Gasteiger charge is 2.29. The lowest BCUT2D eigenvalue weighted by Gasteiger charge is -2.40. The van der Waals surface area contributed by atoms with Crippen LogP contribution >= 0.6 is 11.6 Å². The van der Waals surface area contributed by atoms with Crippen molar-refractivity contribution in [3.8, 4) is 11.1 Å². The van der Waals surface area contributed by atoms with Gasteiger partial charge in [0.25, 0.3) is 0 Å². The molecule has 0 N–H and O–H groups in total. The molecular weight excluding hydrogens is 405 g/mol. The maximum atomic E-state index is 13.7. The molecule has 3 heterocycles. The van der Waals surface area contributed by atoms with Crippen LogP contribution in [-0.2, 0) is 16.0 Å². The van der Waals surface area contributed by atoms with Gasteiger partial charge in [0, 0.05) is 47.9 Å². The molecule has 1 aliphatic rings. The zero-order valence-electron chi connectivity index (χ0n) is 18.3. The lowest BCUT2D eigenvalue weighted by atomic mass is 9.82. The fourth-order valence-electron chi connectivity index (χ4n) is 3.77. The maximum Gasteiger partial charge on any atom is 0.310 e. The summed E-state index contributed by atoms with van der Waals surface area (Å²) >= 11 is 6.01. The average molecular weight is 434 g/mol. The molecule has 1 aliphatic heterocycles. The highest BCUT2D eigenvalue weighted by molar-refractivity contribution is 6.30. The van der Waals surface area contributed by atoms with E-state index in [-0.39, 0.29) is 28.9 Å². The van der Waals surface area contributed by atoms with Gasteiger partial charge in [-0.3, -0.25) is 9.78 Å². The molecule has 2 aromatic rings. The molecule has 7 heteroatoms. The average Bonchev–Trinajstić information content (AvgIpc) is 2.65. The van der Waals surface area contributed by atoms with E-state index >= 15 is 0 Å². The predicted octanol–water partition coefficient (Wildman–Crippen LogP) is 5.37. The Labute approximate surface area is 182 Å². The van der Waals surface area contributed by atoms with Crippen LogP contribution in [0.2, 0.25) is 5.02 Å². The Kier molecular flexibility index (Phi) is 6.65. The molecule has 0 saturated carbocycles. The van der Waals surface area contributed by atoms with E-state index in [0.717, 1.165) is 48.4 Å². The predicted molar refractivity (Wildman–Crippen MR) is 117 cm³/mol. The summed E-state index contributed by atoms with van der Waals surface area (Å²) in [5, 5.41) is -0.0421. The molecule has 0 aromatic carbocycles. The van der Waals surface area contributed by atoms with Crippen LogP contribution in [0, 0.1) is 18.3 Å². The van der Waals surface area contributed by atoms with Gasteiger partial charge in [-0.05, 0) is 45.1 Å². The molecule has 30 heavy (non-hydrogen) atoms. The number of carbonyl (C=O) groups is 1. The van der Waals surface area contributed by atoms with Crippen molar-refractivity contribution < 1.29 is 13.9 Å². The lowest BCUT2D eigenvalue weighted by molar-refractivity contribution is -0.146. The van der Waals surface area contributed by atoms with Crippen molar-refractivity contribution in [1.29, 1.82) is 0 Å². The van der Waals surface area contributed by atoms with E-state index in [1.54, 1.807) is 12.3 Å². The summed E-state index contributed by atoms with van der Waals surface area (Å²) in [4.78, 5) is 23.1. The molecule has 0 radical (unpaired) electrons. The number of aromatic nitrogens is 2. The van der Waals surface area contributed by atoms with E-state index < -0.39 is 5.95 Å². The number of aryl methyl sites for hydroxylation is 1. The molecule has 1 fully saturated rings. The summed E-state index contributed by atoms with van der Waals surface area (Å²) < 4.78 is 19.1. The third-order valence-corrected chi connectivity index (χ3v) is 5.86. The van der Waals surface area contributed by atoms with Crippen molar-refractivity contribution in [2.45, 2.75) is 60.0 Å². The van der Waals surface area contributed by atoms with Gasteiger partial charge in [-0.2, -0.15) is 4.39 Å². The molecule has 5 nitrogen and oxygen atoms in total. The summed E-state index contributed by atoms with van der Waals surface area (Å²) in [6.45, 7) is 11.8. The normalized spacial score (nSPS) is 16.1. The maximum absolute atomic E-state index is 13.7. The first-order valence-electron chi connectivity index (χ1n) is 10.3. The van der Waals surface area contributed by atoms with Crippen LogP contribution in [0.5, 0.6) is 0 Å². The van der Waals surface area contributed by atoms with Crippen molar-refractivity contribution >= 4 is 23.3 Å². The summed E-state index contributed by atoms with van der Waals surface area (Å²) in [6, 6.07) is 1.56. The quantitative estimate of drug-likeness (QED) is 0.469. The van der Waals surface area contributed by atoms with Crippen molar-refractivity contribution in [3.05, 3.63) is 40.7 Å². The molecule has 2 aromatic heterocycles. The Morgan fingerprint density at radius 1 is 1.27 bits per heavy atom. The van der Waals surface area contributed by atoms with E-state index in [4.69, 9.17) is 16.3 Å². The number of esters is 1. The van der Waals surface area contributed by atoms with E-state index in [2.05, 4.69) is 28.7 Å². The van der Waals surface area contributed by atoms with Crippen LogP contribution in [0.1, 0.15) is 51.8 Å². The standard InChI is InChI=1S/C23H29ClFN3O2/c1-14(2)30-20(29)11-17-15(3)26-13-18(16-10-19(24)22(25)27-12-16)21(17)28-8-6-23(4,5)7-9-28/h10,12-14H,6-9,11H2,1-5H3. The van der Waals surface area contributed by atoms with Crippen LogP contribution in [0.3, 0.4) is 0 Å². The van der Waals surface area contributed by atoms with Crippen LogP contribution in [0.15, 0.2) is 18.5 Å². The van der Waals surface area contributed by atoms with Gasteiger partial charge in [0.15, 0.2) is 0 Å². The molecule has 0 bridgehead atoms. The largest absolute Gasteiger partial charge is 0.463 e. The minimum atomic E-state index is -0.706.